The highest BCUT2D eigenvalue weighted by Crippen LogP contribution is 2.19. The summed E-state index contributed by atoms with van der Waals surface area (Å²) < 4.78 is 0.945. The summed E-state index contributed by atoms with van der Waals surface area (Å²) >= 11 is 3.31. The molecule has 2 amide bonds. The van der Waals surface area contributed by atoms with Gasteiger partial charge in [-0.3, -0.25) is 9.59 Å². The van der Waals surface area contributed by atoms with Gasteiger partial charge in [0.15, 0.2) is 0 Å². The van der Waals surface area contributed by atoms with Gasteiger partial charge in [-0.1, -0.05) is 15.9 Å². The fraction of sp³-hybridized carbons (Fsp3) is 0.200. The van der Waals surface area contributed by atoms with E-state index in [4.69, 9.17) is 0 Å². The fourth-order valence-electron chi connectivity index (χ4n) is 1.45. The van der Waals surface area contributed by atoms with Crippen LogP contribution in [0.5, 0.6) is 0 Å². The minimum atomic E-state index is -0.538. The molecule has 0 saturated carbocycles. The molecule has 4 nitrogen and oxygen atoms in total. The van der Waals surface area contributed by atoms with Gasteiger partial charge in [0.25, 0.3) is 0 Å². The molecule has 2 rings (SSSR count). The molecular formula is C10H9BrN2O2. The number of halogens is 1. The number of carbonyl (C=O) groups is 2. The van der Waals surface area contributed by atoms with Crippen LogP contribution in [0.2, 0.25) is 0 Å². The first kappa shape index (κ1) is 10.2. The van der Waals surface area contributed by atoms with Gasteiger partial charge in [0.2, 0.25) is 0 Å². The van der Waals surface area contributed by atoms with Crippen LogP contribution in [0, 0.1) is 0 Å². The predicted molar refractivity (Wildman–Crippen MR) is 59.5 cm³/mol. The Labute approximate surface area is 95.4 Å². The Morgan fingerprint density at radius 1 is 1.20 bits per heavy atom. The number of hydrogen-bond donors (Lipinski definition) is 1. The summed E-state index contributed by atoms with van der Waals surface area (Å²) in [4.78, 5) is 24.1. The predicted octanol–water partition coefficient (Wildman–Crippen LogP) is 0.912. The van der Waals surface area contributed by atoms with Gasteiger partial charge in [0, 0.05) is 23.2 Å². The highest BCUT2D eigenvalue weighted by Gasteiger charge is 2.26. The Bertz CT molecular complexity index is 402. The minimum absolute atomic E-state index is 0.497. The van der Waals surface area contributed by atoms with E-state index in [1.807, 2.05) is 12.1 Å². The molecule has 0 aromatic heterocycles. The van der Waals surface area contributed by atoms with Gasteiger partial charge < -0.3 is 10.2 Å². The molecule has 15 heavy (non-hydrogen) atoms. The molecule has 1 aromatic carbocycles. The van der Waals surface area contributed by atoms with Crippen molar-refractivity contribution in [1.29, 1.82) is 0 Å². The Hall–Kier alpha value is -1.36. The first-order valence-corrected chi connectivity index (χ1v) is 5.33. The molecule has 1 aromatic rings. The van der Waals surface area contributed by atoms with E-state index in [1.165, 1.54) is 4.90 Å². The molecular weight excluding hydrogens is 260 g/mol. The third-order valence-electron chi connectivity index (χ3n) is 2.20. The lowest BCUT2D eigenvalue weighted by atomic mass is 10.2. The van der Waals surface area contributed by atoms with E-state index >= 15 is 0 Å². The van der Waals surface area contributed by atoms with Crippen molar-refractivity contribution < 1.29 is 9.59 Å². The van der Waals surface area contributed by atoms with E-state index in [2.05, 4.69) is 21.2 Å². The molecule has 1 heterocycles. The maximum atomic E-state index is 11.5. The summed E-state index contributed by atoms with van der Waals surface area (Å²) in [5, 5.41) is 2.50. The molecule has 1 aliphatic heterocycles. The van der Waals surface area contributed by atoms with E-state index < -0.39 is 11.8 Å². The second kappa shape index (κ2) is 4.02. The molecule has 0 spiro atoms. The lowest BCUT2D eigenvalue weighted by Crippen LogP contribution is -2.52. The highest BCUT2D eigenvalue weighted by atomic mass is 79.9. The summed E-state index contributed by atoms with van der Waals surface area (Å²) in [5.74, 6) is -1.03. The van der Waals surface area contributed by atoms with E-state index in [-0.39, 0.29) is 0 Å². The number of benzene rings is 1. The number of anilines is 1. The summed E-state index contributed by atoms with van der Waals surface area (Å²) in [5.41, 5.74) is 0.748. The zero-order valence-corrected chi connectivity index (χ0v) is 9.45. The Balaban J connectivity index is 2.26. The van der Waals surface area contributed by atoms with Crippen molar-refractivity contribution in [3.63, 3.8) is 0 Å². The summed E-state index contributed by atoms with van der Waals surface area (Å²) in [6.07, 6.45) is 0. The third kappa shape index (κ3) is 2.02. The Morgan fingerprint density at radius 3 is 2.53 bits per heavy atom. The average Bonchev–Trinajstić information content (AvgIpc) is 2.24. The first-order valence-electron chi connectivity index (χ1n) is 4.54. The molecule has 78 valence electrons. The van der Waals surface area contributed by atoms with Crippen LogP contribution in [0.15, 0.2) is 28.7 Å². The van der Waals surface area contributed by atoms with E-state index in [1.54, 1.807) is 12.1 Å². The monoisotopic (exact) mass is 268 g/mol. The molecule has 0 aliphatic carbocycles. The number of amides is 2. The van der Waals surface area contributed by atoms with Gasteiger partial charge in [0.05, 0.1) is 0 Å². The van der Waals surface area contributed by atoms with Crippen LogP contribution in [0.1, 0.15) is 0 Å². The van der Waals surface area contributed by atoms with E-state index in [9.17, 15) is 9.59 Å². The van der Waals surface area contributed by atoms with Gasteiger partial charge in [-0.05, 0) is 24.3 Å². The summed E-state index contributed by atoms with van der Waals surface area (Å²) in [6, 6.07) is 7.30. The maximum absolute atomic E-state index is 11.5. The van der Waals surface area contributed by atoms with E-state index in [0.29, 0.717) is 13.1 Å². The highest BCUT2D eigenvalue weighted by molar-refractivity contribution is 9.10. The molecule has 1 fully saturated rings. The summed E-state index contributed by atoms with van der Waals surface area (Å²) in [7, 11) is 0. The molecule has 0 radical (unpaired) electrons. The number of hydrogen-bond acceptors (Lipinski definition) is 2. The lowest BCUT2D eigenvalue weighted by Gasteiger charge is -2.26. The average molecular weight is 269 g/mol. The summed E-state index contributed by atoms with van der Waals surface area (Å²) in [6.45, 7) is 1.02. The van der Waals surface area contributed by atoms with Crippen LogP contribution >= 0.6 is 15.9 Å². The number of rotatable bonds is 1. The Morgan fingerprint density at radius 2 is 1.87 bits per heavy atom. The van der Waals surface area contributed by atoms with E-state index in [0.717, 1.165) is 10.2 Å². The minimum Gasteiger partial charge on any atom is -0.346 e. The van der Waals surface area contributed by atoms with Gasteiger partial charge in [-0.25, -0.2) is 0 Å². The van der Waals surface area contributed by atoms with Gasteiger partial charge in [-0.15, -0.1) is 0 Å². The molecule has 1 saturated heterocycles. The number of nitrogens with zero attached hydrogens (tertiary/aromatic N) is 1. The number of carbonyl (C=O) groups excluding carboxylic acids is 2. The Kier molecular flexibility index (Phi) is 2.73. The number of piperazine rings is 1. The molecule has 1 N–H and O–H groups in total. The molecule has 0 bridgehead atoms. The molecule has 5 heteroatoms. The lowest BCUT2D eigenvalue weighted by molar-refractivity contribution is -0.138. The SMILES string of the molecule is O=C1NCCN(c2ccc(Br)cc2)C1=O. The van der Waals surface area contributed by atoms with Crippen LogP contribution in [-0.2, 0) is 9.59 Å². The first-order chi connectivity index (χ1) is 7.18. The number of nitrogens with one attached hydrogen (secondary N) is 1. The van der Waals surface area contributed by atoms with Crippen molar-refractivity contribution in [3.05, 3.63) is 28.7 Å². The van der Waals surface area contributed by atoms with Gasteiger partial charge in [0.1, 0.15) is 0 Å². The quantitative estimate of drug-likeness (QED) is 0.770. The maximum Gasteiger partial charge on any atom is 0.316 e. The van der Waals surface area contributed by atoms with Crippen molar-refractivity contribution in [1.82, 2.24) is 5.32 Å². The largest absolute Gasteiger partial charge is 0.346 e. The van der Waals surface area contributed by atoms with Crippen molar-refractivity contribution in [2.24, 2.45) is 0 Å². The smallest absolute Gasteiger partial charge is 0.316 e. The van der Waals surface area contributed by atoms with Crippen LogP contribution < -0.4 is 10.2 Å². The molecule has 1 aliphatic rings. The third-order valence-corrected chi connectivity index (χ3v) is 2.73. The second-order valence-electron chi connectivity index (χ2n) is 3.19. The zero-order chi connectivity index (χ0) is 10.8. The topological polar surface area (TPSA) is 49.4 Å². The standard InChI is InChI=1S/C10H9BrN2O2/c11-7-1-3-8(4-2-7)13-6-5-12-9(14)10(13)15/h1-4H,5-6H2,(H,12,14). The van der Waals surface area contributed by atoms with Crippen molar-refractivity contribution in [3.8, 4) is 0 Å². The molecule has 0 unspecified atom stereocenters. The molecule has 0 atom stereocenters. The second-order valence-corrected chi connectivity index (χ2v) is 4.10. The van der Waals surface area contributed by atoms with Crippen LogP contribution in [0.3, 0.4) is 0 Å². The van der Waals surface area contributed by atoms with Crippen LogP contribution in [0.4, 0.5) is 5.69 Å². The van der Waals surface area contributed by atoms with Gasteiger partial charge >= 0.3 is 11.8 Å². The normalized spacial score (nSPS) is 16.5. The van der Waals surface area contributed by atoms with Crippen molar-refractivity contribution >= 4 is 33.4 Å². The van der Waals surface area contributed by atoms with Gasteiger partial charge in [-0.2, -0.15) is 0 Å². The zero-order valence-electron chi connectivity index (χ0n) is 7.87. The van der Waals surface area contributed by atoms with Crippen molar-refractivity contribution in [2.75, 3.05) is 18.0 Å². The van der Waals surface area contributed by atoms with Crippen molar-refractivity contribution in [2.45, 2.75) is 0 Å². The fourth-order valence-corrected chi connectivity index (χ4v) is 1.71. The van der Waals surface area contributed by atoms with Crippen LogP contribution in [-0.4, -0.2) is 24.9 Å². The van der Waals surface area contributed by atoms with Crippen LogP contribution in [0.25, 0.3) is 0 Å².